The number of aromatic nitrogens is 2. The fraction of sp³-hybridized carbons (Fsp3) is 0.500. The van der Waals surface area contributed by atoms with E-state index in [-0.39, 0.29) is 11.7 Å². The molecule has 0 amide bonds. The van der Waals surface area contributed by atoms with Crippen molar-refractivity contribution in [2.24, 2.45) is 0 Å². The zero-order valence-electron chi connectivity index (χ0n) is 10.6. The van der Waals surface area contributed by atoms with Crippen LogP contribution in [0.2, 0.25) is 0 Å². The van der Waals surface area contributed by atoms with Crippen LogP contribution >= 0.6 is 0 Å². The van der Waals surface area contributed by atoms with Gasteiger partial charge in [0.25, 0.3) is 0 Å². The minimum Gasteiger partial charge on any atom is -0.477 e. The highest BCUT2D eigenvalue weighted by atomic mass is 16.5. The van der Waals surface area contributed by atoms with Crippen LogP contribution in [0.1, 0.15) is 38.1 Å². The van der Waals surface area contributed by atoms with Crippen LogP contribution in [-0.2, 0) is 6.54 Å². The number of nitrogens with zero attached hydrogens (tertiary/aromatic N) is 2. The van der Waals surface area contributed by atoms with E-state index in [4.69, 9.17) is 9.84 Å². The van der Waals surface area contributed by atoms with Gasteiger partial charge in [0, 0.05) is 0 Å². The standard InChI is InChI=1S/C12H18N2O3/c1-8(2)5-6-14-11(17-9(3)4)10(7-13-14)12(15)16/h5,7,9H,6H2,1-4H3,(H,15,16). The summed E-state index contributed by atoms with van der Waals surface area (Å²) in [5.74, 6) is -0.714. The fourth-order valence-corrected chi connectivity index (χ4v) is 1.27. The lowest BCUT2D eigenvalue weighted by Gasteiger charge is -2.12. The number of hydrogen-bond acceptors (Lipinski definition) is 3. The largest absolute Gasteiger partial charge is 0.477 e. The highest BCUT2D eigenvalue weighted by Crippen LogP contribution is 2.20. The number of rotatable bonds is 5. The lowest BCUT2D eigenvalue weighted by molar-refractivity contribution is 0.0689. The quantitative estimate of drug-likeness (QED) is 0.800. The molecule has 0 saturated heterocycles. The Morgan fingerprint density at radius 1 is 1.59 bits per heavy atom. The third-order valence-electron chi connectivity index (χ3n) is 2.04. The molecule has 0 atom stereocenters. The van der Waals surface area contributed by atoms with Gasteiger partial charge in [0.1, 0.15) is 5.56 Å². The molecule has 94 valence electrons. The minimum absolute atomic E-state index is 0.0877. The van der Waals surface area contributed by atoms with E-state index in [0.29, 0.717) is 12.4 Å². The Labute approximate surface area is 101 Å². The van der Waals surface area contributed by atoms with Crippen LogP contribution < -0.4 is 4.74 Å². The molecule has 1 heterocycles. The van der Waals surface area contributed by atoms with E-state index < -0.39 is 5.97 Å². The van der Waals surface area contributed by atoms with E-state index in [1.54, 1.807) is 4.68 Å². The van der Waals surface area contributed by atoms with Crippen LogP contribution in [-0.4, -0.2) is 27.0 Å². The molecule has 0 aromatic carbocycles. The summed E-state index contributed by atoms with van der Waals surface area (Å²) in [7, 11) is 0. The second-order valence-corrected chi connectivity index (χ2v) is 4.30. The SMILES string of the molecule is CC(C)=CCn1ncc(C(=O)O)c1OC(C)C. The summed E-state index contributed by atoms with van der Waals surface area (Å²) in [5.41, 5.74) is 1.24. The predicted octanol–water partition coefficient (Wildman–Crippen LogP) is 2.33. The van der Waals surface area contributed by atoms with Crippen molar-refractivity contribution in [2.75, 3.05) is 0 Å². The number of carbonyl (C=O) groups is 1. The van der Waals surface area contributed by atoms with Crippen molar-refractivity contribution < 1.29 is 14.6 Å². The van der Waals surface area contributed by atoms with Gasteiger partial charge in [0.2, 0.25) is 5.88 Å². The molecule has 0 radical (unpaired) electrons. The lowest BCUT2D eigenvalue weighted by Crippen LogP contribution is -2.13. The van der Waals surface area contributed by atoms with Crippen LogP contribution in [0.4, 0.5) is 0 Å². The molecule has 5 nitrogen and oxygen atoms in total. The van der Waals surface area contributed by atoms with Crippen molar-refractivity contribution in [3.05, 3.63) is 23.4 Å². The molecule has 0 fully saturated rings. The van der Waals surface area contributed by atoms with Gasteiger partial charge in [0.05, 0.1) is 18.8 Å². The van der Waals surface area contributed by atoms with Crippen molar-refractivity contribution in [2.45, 2.75) is 40.3 Å². The second-order valence-electron chi connectivity index (χ2n) is 4.30. The average molecular weight is 238 g/mol. The van der Waals surface area contributed by atoms with Crippen LogP contribution in [0.25, 0.3) is 0 Å². The summed E-state index contributed by atoms with van der Waals surface area (Å²) >= 11 is 0. The smallest absolute Gasteiger partial charge is 0.342 e. The Balaban J connectivity index is 3.04. The molecule has 0 saturated carbocycles. The molecule has 0 bridgehead atoms. The van der Waals surface area contributed by atoms with Crippen molar-refractivity contribution in [3.8, 4) is 5.88 Å². The van der Waals surface area contributed by atoms with Gasteiger partial charge >= 0.3 is 5.97 Å². The maximum absolute atomic E-state index is 11.0. The van der Waals surface area contributed by atoms with E-state index in [0.717, 1.165) is 5.57 Å². The molecule has 0 aliphatic carbocycles. The number of carboxylic acids is 1. The first-order valence-corrected chi connectivity index (χ1v) is 5.51. The summed E-state index contributed by atoms with van der Waals surface area (Å²) in [6.07, 6.45) is 3.19. The van der Waals surface area contributed by atoms with Gasteiger partial charge in [-0.25, -0.2) is 9.48 Å². The Morgan fingerprint density at radius 3 is 2.71 bits per heavy atom. The molecular formula is C12H18N2O3. The summed E-state index contributed by atoms with van der Waals surface area (Å²) in [4.78, 5) is 11.0. The number of ether oxygens (including phenoxy) is 1. The Bertz CT molecular complexity index is 429. The van der Waals surface area contributed by atoms with Crippen molar-refractivity contribution in [1.29, 1.82) is 0 Å². The van der Waals surface area contributed by atoms with Gasteiger partial charge in [-0.05, 0) is 27.7 Å². The van der Waals surface area contributed by atoms with Gasteiger partial charge in [-0.1, -0.05) is 11.6 Å². The second kappa shape index (κ2) is 5.52. The monoisotopic (exact) mass is 238 g/mol. The Morgan fingerprint density at radius 2 is 2.24 bits per heavy atom. The molecule has 0 aliphatic heterocycles. The lowest BCUT2D eigenvalue weighted by atomic mass is 10.3. The molecule has 5 heteroatoms. The first-order valence-electron chi connectivity index (χ1n) is 5.51. The predicted molar refractivity (Wildman–Crippen MR) is 64.4 cm³/mol. The van der Waals surface area contributed by atoms with Gasteiger partial charge in [-0.2, -0.15) is 5.10 Å². The number of hydrogen-bond donors (Lipinski definition) is 1. The molecular weight excluding hydrogens is 220 g/mol. The zero-order chi connectivity index (χ0) is 13.0. The summed E-state index contributed by atoms with van der Waals surface area (Å²) in [6.45, 7) is 8.17. The normalized spacial score (nSPS) is 10.4. The van der Waals surface area contributed by atoms with Gasteiger partial charge < -0.3 is 9.84 Å². The van der Waals surface area contributed by atoms with E-state index in [2.05, 4.69) is 5.10 Å². The third-order valence-corrected chi connectivity index (χ3v) is 2.04. The van der Waals surface area contributed by atoms with Gasteiger partial charge in [-0.15, -0.1) is 0 Å². The van der Waals surface area contributed by atoms with E-state index in [1.807, 2.05) is 33.8 Å². The number of carboxylic acid groups (broad SMARTS) is 1. The highest BCUT2D eigenvalue weighted by molar-refractivity contribution is 5.89. The third kappa shape index (κ3) is 3.62. The molecule has 0 spiro atoms. The molecule has 1 N–H and O–H groups in total. The molecule has 1 aromatic heterocycles. The van der Waals surface area contributed by atoms with E-state index in [9.17, 15) is 4.79 Å². The minimum atomic E-state index is -1.02. The number of allylic oxidation sites excluding steroid dienone is 2. The van der Waals surface area contributed by atoms with Gasteiger partial charge in [0.15, 0.2) is 0 Å². The molecule has 0 aliphatic rings. The summed E-state index contributed by atoms with van der Waals surface area (Å²) < 4.78 is 7.05. The first kappa shape index (κ1) is 13.3. The highest BCUT2D eigenvalue weighted by Gasteiger charge is 2.18. The van der Waals surface area contributed by atoms with Crippen LogP contribution in [0.5, 0.6) is 5.88 Å². The zero-order valence-corrected chi connectivity index (χ0v) is 10.6. The van der Waals surface area contributed by atoms with Crippen molar-refractivity contribution in [1.82, 2.24) is 9.78 Å². The Kier molecular flexibility index (Phi) is 4.31. The fourth-order valence-electron chi connectivity index (χ4n) is 1.27. The van der Waals surface area contributed by atoms with E-state index >= 15 is 0 Å². The topological polar surface area (TPSA) is 64.4 Å². The van der Waals surface area contributed by atoms with Crippen LogP contribution in [0.3, 0.4) is 0 Å². The molecule has 1 rings (SSSR count). The van der Waals surface area contributed by atoms with Crippen molar-refractivity contribution >= 4 is 5.97 Å². The summed E-state index contributed by atoms with van der Waals surface area (Å²) in [5, 5.41) is 13.0. The van der Waals surface area contributed by atoms with Gasteiger partial charge in [-0.3, -0.25) is 0 Å². The first-order chi connectivity index (χ1) is 7.91. The molecule has 1 aromatic rings. The van der Waals surface area contributed by atoms with E-state index in [1.165, 1.54) is 6.20 Å². The summed E-state index contributed by atoms with van der Waals surface area (Å²) in [6, 6.07) is 0. The van der Waals surface area contributed by atoms with Crippen LogP contribution in [0.15, 0.2) is 17.8 Å². The Hall–Kier alpha value is -1.78. The molecule has 17 heavy (non-hydrogen) atoms. The molecule has 0 unspecified atom stereocenters. The van der Waals surface area contributed by atoms with Crippen LogP contribution in [0, 0.1) is 0 Å². The maximum atomic E-state index is 11.0. The average Bonchev–Trinajstić information content (AvgIpc) is 2.57. The maximum Gasteiger partial charge on any atom is 0.342 e. The number of aromatic carboxylic acids is 1. The van der Waals surface area contributed by atoms with Crippen molar-refractivity contribution in [3.63, 3.8) is 0 Å².